The van der Waals surface area contributed by atoms with E-state index in [-0.39, 0.29) is 17.6 Å². The largest absolute Gasteiger partial charge is 0.368 e. The van der Waals surface area contributed by atoms with Crippen molar-refractivity contribution in [2.24, 2.45) is 5.73 Å². The molecule has 1 amide bonds. The Hall–Kier alpha value is -1.28. The number of H-pyrrole nitrogens is 1. The minimum atomic E-state index is -0.757. The van der Waals surface area contributed by atoms with Gasteiger partial charge < -0.3 is 11.1 Å². The molecule has 0 aromatic carbocycles. The van der Waals surface area contributed by atoms with Crippen molar-refractivity contribution in [1.29, 1.82) is 0 Å². The summed E-state index contributed by atoms with van der Waals surface area (Å²) in [4.78, 5) is 23.2. The van der Waals surface area contributed by atoms with Gasteiger partial charge in [0.15, 0.2) is 5.16 Å². The summed E-state index contributed by atoms with van der Waals surface area (Å²) in [5, 5.41) is 10.3. The first-order valence-electron chi connectivity index (χ1n) is 7.15. The molecule has 1 atom stereocenters. The summed E-state index contributed by atoms with van der Waals surface area (Å²) in [6, 6.07) is 0.163. The quantitative estimate of drug-likeness (QED) is 0.582. The molecule has 1 aromatic rings. The third kappa shape index (κ3) is 4.89. The monoisotopic (exact) mass is 315 g/mol. The molecule has 21 heavy (non-hydrogen) atoms. The van der Waals surface area contributed by atoms with Crippen LogP contribution in [0.1, 0.15) is 40.5 Å². The minimum absolute atomic E-state index is 0.163. The standard InChI is InChI=1S/C13H25N5O2S/c1-5-7-18-11(20)16-17-12(18)21-8-6-13(4,10(14)19)15-9(2)3/h9,15H,5-8H2,1-4H3,(H2,14,19)(H,16,20). The Balaban J connectivity index is 2.67. The second kappa shape index (κ2) is 7.65. The van der Waals surface area contributed by atoms with Crippen LogP contribution in [-0.2, 0) is 11.3 Å². The van der Waals surface area contributed by atoms with Crippen LogP contribution in [0.25, 0.3) is 0 Å². The van der Waals surface area contributed by atoms with Crippen LogP contribution in [0.4, 0.5) is 0 Å². The Morgan fingerprint density at radius 1 is 1.57 bits per heavy atom. The molecule has 0 aliphatic rings. The Morgan fingerprint density at radius 3 is 2.76 bits per heavy atom. The molecule has 0 spiro atoms. The van der Waals surface area contributed by atoms with Crippen LogP contribution in [0.15, 0.2) is 9.95 Å². The highest BCUT2D eigenvalue weighted by molar-refractivity contribution is 7.99. The second-order valence-corrected chi connectivity index (χ2v) is 6.62. The summed E-state index contributed by atoms with van der Waals surface area (Å²) in [6.07, 6.45) is 1.43. The molecular formula is C13H25N5O2S. The van der Waals surface area contributed by atoms with Gasteiger partial charge in [-0.1, -0.05) is 18.7 Å². The molecular weight excluding hydrogens is 290 g/mol. The maximum atomic E-state index is 11.6. The normalized spacial score (nSPS) is 14.3. The number of amides is 1. The zero-order valence-corrected chi connectivity index (χ0v) is 13.9. The zero-order chi connectivity index (χ0) is 16.0. The van der Waals surface area contributed by atoms with Gasteiger partial charge in [0.25, 0.3) is 0 Å². The number of aromatic nitrogens is 3. The summed E-state index contributed by atoms with van der Waals surface area (Å²) in [6.45, 7) is 8.39. The molecule has 0 saturated heterocycles. The number of carbonyl (C=O) groups excluding carboxylic acids is 1. The zero-order valence-electron chi connectivity index (χ0n) is 13.1. The lowest BCUT2D eigenvalue weighted by Gasteiger charge is -2.29. The van der Waals surface area contributed by atoms with Crippen molar-refractivity contribution >= 4 is 17.7 Å². The number of nitrogens with two attached hydrogens (primary N) is 1. The topological polar surface area (TPSA) is 106 Å². The average Bonchev–Trinajstić information content (AvgIpc) is 2.71. The number of primary amides is 1. The Kier molecular flexibility index (Phi) is 6.47. The second-order valence-electron chi connectivity index (χ2n) is 5.56. The molecule has 0 aliphatic carbocycles. The Morgan fingerprint density at radius 2 is 2.24 bits per heavy atom. The molecule has 1 unspecified atom stereocenters. The van der Waals surface area contributed by atoms with Gasteiger partial charge in [0.1, 0.15) is 0 Å². The van der Waals surface area contributed by atoms with Gasteiger partial charge in [-0.15, -0.1) is 5.10 Å². The van der Waals surface area contributed by atoms with E-state index in [1.165, 1.54) is 11.8 Å². The third-order valence-corrected chi connectivity index (χ3v) is 4.13. The van der Waals surface area contributed by atoms with Crippen molar-refractivity contribution in [1.82, 2.24) is 20.1 Å². The summed E-state index contributed by atoms with van der Waals surface area (Å²) in [7, 11) is 0. The van der Waals surface area contributed by atoms with Crippen LogP contribution in [0.5, 0.6) is 0 Å². The molecule has 0 saturated carbocycles. The van der Waals surface area contributed by atoms with Crippen molar-refractivity contribution < 1.29 is 4.79 Å². The van der Waals surface area contributed by atoms with Crippen LogP contribution in [0.3, 0.4) is 0 Å². The predicted octanol–water partition coefficient (Wildman–Crippen LogP) is 0.706. The number of thioether (sulfide) groups is 1. The van der Waals surface area contributed by atoms with Crippen molar-refractivity contribution in [3.8, 4) is 0 Å². The first-order valence-corrected chi connectivity index (χ1v) is 8.14. The lowest BCUT2D eigenvalue weighted by atomic mass is 9.97. The van der Waals surface area contributed by atoms with E-state index in [0.717, 1.165) is 6.42 Å². The van der Waals surface area contributed by atoms with Crippen LogP contribution in [0, 0.1) is 0 Å². The van der Waals surface area contributed by atoms with Crippen LogP contribution >= 0.6 is 11.8 Å². The number of nitrogens with one attached hydrogen (secondary N) is 2. The van der Waals surface area contributed by atoms with Gasteiger partial charge in [-0.05, 0) is 33.6 Å². The molecule has 4 N–H and O–H groups in total. The molecule has 0 aliphatic heterocycles. The SMILES string of the molecule is CCCn1c(SCCC(C)(NC(C)C)C(N)=O)n[nH]c1=O. The third-order valence-electron chi connectivity index (χ3n) is 3.15. The maximum absolute atomic E-state index is 11.6. The number of hydrogen-bond acceptors (Lipinski definition) is 5. The predicted molar refractivity (Wildman–Crippen MR) is 84.4 cm³/mol. The van der Waals surface area contributed by atoms with Gasteiger partial charge in [-0.2, -0.15) is 0 Å². The van der Waals surface area contributed by atoms with E-state index >= 15 is 0 Å². The van der Waals surface area contributed by atoms with Gasteiger partial charge in [-0.25, -0.2) is 9.89 Å². The highest BCUT2D eigenvalue weighted by Gasteiger charge is 2.31. The van der Waals surface area contributed by atoms with E-state index in [2.05, 4.69) is 15.5 Å². The first kappa shape index (κ1) is 17.8. The fraction of sp³-hybridized carbons (Fsp3) is 0.769. The summed E-state index contributed by atoms with van der Waals surface area (Å²) in [5.41, 5.74) is 4.54. The molecule has 7 nitrogen and oxygen atoms in total. The molecule has 0 fully saturated rings. The van der Waals surface area contributed by atoms with Gasteiger partial charge in [0, 0.05) is 18.3 Å². The maximum Gasteiger partial charge on any atom is 0.343 e. The molecule has 1 rings (SSSR count). The Labute approximate surface area is 129 Å². The fourth-order valence-electron chi connectivity index (χ4n) is 2.08. The lowest BCUT2D eigenvalue weighted by Crippen LogP contribution is -2.55. The first-order chi connectivity index (χ1) is 9.80. The smallest absolute Gasteiger partial charge is 0.343 e. The van der Waals surface area contributed by atoms with Crippen molar-refractivity contribution in [3.63, 3.8) is 0 Å². The molecule has 1 heterocycles. The lowest BCUT2D eigenvalue weighted by molar-refractivity contribution is -0.124. The van der Waals surface area contributed by atoms with E-state index in [4.69, 9.17) is 5.73 Å². The molecule has 8 heteroatoms. The van der Waals surface area contributed by atoms with Gasteiger partial charge in [0.2, 0.25) is 5.91 Å². The van der Waals surface area contributed by atoms with Gasteiger partial charge in [-0.3, -0.25) is 9.36 Å². The minimum Gasteiger partial charge on any atom is -0.368 e. The summed E-state index contributed by atoms with van der Waals surface area (Å²) >= 11 is 1.45. The molecule has 1 aromatic heterocycles. The average molecular weight is 315 g/mol. The molecule has 0 radical (unpaired) electrons. The van der Waals surface area contributed by atoms with Crippen molar-refractivity contribution in [2.75, 3.05) is 5.75 Å². The van der Waals surface area contributed by atoms with E-state index in [1.54, 1.807) is 11.5 Å². The fourth-order valence-corrected chi connectivity index (χ4v) is 3.22. The van der Waals surface area contributed by atoms with E-state index in [9.17, 15) is 9.59 Å². The number of carbonyl (C=O) groups is 1. The van der Waals surface area contributed by atoms with E-state index < -0.39 is 5.54 Å². The van der Waals surface area contributed by atoms with E-state index in [1.807, 2.05) is 20.8 Å². The van der Waals surface area contributed by atoms with Gasteiger partial charge in [0.05, 0.1) is 5.54 Å². The summed E-state index contributed by atoms with van der Waals surface area (Å²) < 4.78 is 1.61. The molecule has 0 bridgehead atoms. The van der Waals surface area contributed by atoms with Crippen molar-refractivity contribution in [2.45, 2.75) is 63.8 Å². The molecule has 120 valence electrons. The highest BCUT2D eigenvalue weighted by Crippen LogP contribution is 2.20. The number of aromatic amines is 1. The highest BCUT2D eigenvalue weighted by atomic mass is 32.2. The van der Waals surface area contributed by atoms with Crippen LogP contribution in [0.2, 0.25) is 0 Å². The van der Waals surface area contributed by atoms with E-state index in [0.29, 0.717) is 23.9 Å². The van der Waals surface area contributed by atoms with Crippen LogP contribution in [-0.4, -0.2) is 38.0 Å². The number of nitrogens with zero attached hydrogens (tertiary/aromatic N) is 2. The van der Waals surface area contributed by atoms with Gasteiger partial charge >= 0.3 is 5.69 Å². The Bertz CT molecular complexity index is 525. The number of rotatable bonds is 9. The van der Waals surface area contributed by atoms with Crippen molar-refractivity contribution in [3.05, 3.63) is 10.5 Å². The summed E-state index contributed by atoms with van der Waals surface area (Å²) in [5.74, 6) is 0.275. The van der Waals surface area contributed by atoms with Crippen LogP contribution < -0.4 is 16.7 Å². The number of hydrogen-bond donors (Lipinski definition) is 3.